The van der Waals surface area contributed by atoms with E-state index in [1.165, 1.54) is 33.4 Å². The molecule has 1 atom stereocenters. The number of nitrogens with zero attached hydrogens (tertiary/aromatic N) is 3. The predicted molar refractivity (Wildman–Crippen MR) is 225 cm³/mol. The molecule has 0 fully saturated rings. The van der Waals surface area contributed by atoms with Crippen molar-refractivity contribution in [1.82, 2.24) is 15.0 Å². The molecule has 0 N–H and O–H groups in total. The maximum atomic E-state index is 6.99. The second-order valence-corrected chi connectivity index (χ2v) is 14.6. The largest absolute Gasteiger partial charge is 0.485 e. The van der Waals surface area contributed by atoms with Gasteiger partial charge in [-0.05, 0) is 62.2 Å². The number of allylic oxidation sites excluding steroid dienone is 2. The number of fused-ring (bicyclic) bond motifs is 9. The van der Waals surface area contributed by atoms with Gasteiger partial charge in [-0.15, -0.1) is 0 Å². The highest BCUT2D eigenvalue weighted by Crippen LogP contribution is 2.61. The lowest BCUT2D eigenvalue weighted by molar-refractivity contribution is 0.205. The third-order valence-electron chi connectivity index (χ3n) is 11.5. The van der Waals surface area contributed by atoms with Crippen LogP contribution >= 0.6 is 0 Å². The van der Waals surface area contributed by atoms with Crippen LogP contribution < -0.4 is 4.74 Å². The van der Waals surface area contributed by atoms with Crippen molar-refractivity contribution in [3.8, 4) is 73.3 Å². The number of benzene rings is 7. The van der Waals surface area contributed by atoms with Crippen LogP contribution in [-0.2, 0) is 5.41 Å². The smallest absolute Gasteiger partial charge is 0.164 e. The van der Waals surface area contributed by atoms with E-state index in [4.69, 9.17) is 19.7 Å². The Morgan fingerprint density at radius 3 is 1.55 bits per heavy atom. The Bertz CT molecular complexity index is 2770. The zero-order chi connectivity index (χ0) is 37.1. The summed E-state index contributed by atoms with van der Waals surface area (Å²) in [6.45, 7) is 0. The average molecular weight is 718 g/mol. The third kappa shape index (κ3) is 5.03. The SMILES string of the molecule is C1=CCC2Oc3cc(-c4ccccc4-c4cccc(-c5nc(-c6ccccc6)nc(-c6ccccc6)n5)c4)ccc3C3(C2=C1)c1ccccc1-c1ccccc13. The lowest BCUT2D eigenvalue weighted by atomic mass is 9.63. The minimum Gasteiger partial charge on any atom is -0.485 e. The summed E-state index contributed by atoms with van der Waals surface area (Å²) in [6, 6.07) is 62.1. The summed E-state index contributed by atoms with van der Waals surface area (Å²) in [5.41, 5.74) is 14.6. The van der Waals surface area contributed by atoms with Crippen LogP contribution in [0.3, 0.4) is 0 Å². The zero-order valence-corrected chi connectivity index (χ0v) is 30.5. The number of ether oxygens (including phenoxy) is 1. The Kier molecular flexibility index (Phi) is 7.49. The van der Waals surface area contributed by atoms with E-state index in [-0.39, 0.29) is 6.10 Å². The lowest BCUT2D eigenvalue weighted by Crippen LogP contribution is -2.42. The number of aromatic nitrogens is 3. The minimum absolute atomic E-state index is 0.0594. The summed E-state index contributed by atoms with van der Waals surface area (Å²) < 4.78 is 6.99. The van der Waals surface area contributed by atoms with Gasteiger partial charge in [-0.25, -0.2) is 15.0 Å². The van der Waals surface area contributed by atoms with Gasteiger partial charge in [-0.3, -0.25) is 0 Å². The van der Waals surface area contributed by atoms with Gasteiger partial charge in [0.15, 0.2) is 17.5 Å². The van der Waals surface area contributed by atoms with Crippen molar-refractivity contribution in [3.63, 3.8) is 0 Å². The highest BCUT2D eigenvalue weighted by atomic mass is 16.5. The van der Waals surface area contributed by atoms with Crippen molar-refractivity contribution in [1.29, 1.82) is 0 Å². The molecule has 0 bridgehead atoms. The summed E-state index contributed by atoms with van der Waals surface area (Å²) in [7, 11) is 0. The molecule has 8 aromatic rings. The van der Waals surface area contributed by atoms with Gasteiger partial charge in [-0.2, -0.15) is 0 Å². The second kappa shape index (κ2) is 13.0. The standard InChI is InChI=1S/C52H35N3O/c1-3-16-34(17-4-1)49-53-50(35-18-5-2-6-19-35)55-51(54-49)38-21-15-20-36(32-38)39-22-7-8-23-40(39)37-30-31-46-48(33-37)56-47-29-14-13-28-45(47)52(46)43-26-11-9-24-41(43)42-25-10-12-27-44(42)52/h1-28,30-33,47H,29H2. The molecule has 11 rings (SSSR count). The third-order valence-corrected chi connectivity index (χ3v) is 11.5. The summed E-state index contributed by atoms with van der Waals surface area (Å²) in [5, 5.41) is 0. The number of hydrogen-bond donors (Lipinski definition) is 0. The fraction of sp³-hybridized carbons (Fsp3) is 0.0577. The average Bonchev–Trinajstić information content (AvgIpc) is 3.57. The highest BCUT2D eigenvalue weighted by molar-refractivity contribution is 5.90. The summed E-state index contributed by atoms with van der Waals surface area (Å²) in [6.07, 6.45) is 7.50. The molecular weight excluding hydrogens is 683 g/mol. The fourth-order valence-electron chi connectivity index (χ4n) is 9.08. The molecule has 264 valence electrons. The maximum absolute atomic E-state index is 6.99. The Labute approximate surface area is 326 Å². The molecule has 2 aliphatic carbocycles. The van der Waals surface area contributed by atoms with Crippen molar-refractivity contribution < 1.29 is 4.74 Å². The van der Waals surface area contributed by atoms with Crippen molar-refractivity contribution in [2.75, 3.05) is 0 Å². The van der Waals surface area contributed by atoms with Crippen LogP contribution in [0, 0.1) is 0 Å². The predicted octanol–water partition coefficient (Wildman–Crippen LogP) is 12.2. The van der Waals surface area contributed by atoms with E-state index in [0.717, 1.165) is 51.1 Å². The van der Waals surface area contributed by atoms with Crippen molar-refractivity contribution in [3.05, 3.63) is 216 Å². The zero-order valence-electron chi connectivity index (χ0n) is 30.5. The second-order valence-electron chi connectivity index (χ2n) is 14.6. The van der Waals surface area contributed by atoms with Gasteiger partial charge in [0.2, 0.25) is 0 Å². The fourth-order valence-corrected chi connectivity index (χ4v) is 9.08. The summed E-state index contributed by atoms with van der Waals surface area (Å²) >= 11 is 0. The van der Waals surface area contributed by atoms with Gasteiger partial charge >= 0.3 is 0 Å². The topological polar surface area (TPSA) is 47.9 Å². The van der Waals surface area contributed by atoms with Gasteiger partial charge < -0.3 is 4.74 Å². The highest BCUT2D eigenvalue weighted by Gasteiger charge is 2.53. The maximum Gasteiger partial charge on any atom is 0.164 e. The van der Waals surface area contributed by atoms with Crippen LogP contribution in [0.1, 0.15) is 23.1 Å². The number of hydrogen-bond acceptors (Lipinski definition) is 4. The van der Waals surface area contributed by atoms with E-state index < -0.39 is 5.41 Å². The Morgan fingerprint density at radius 2 is 0.929 bits per heavy atom. The van der Waals surface area contributed by atoms with Gasteiger partial charge in [0.1, 0.15) is 11.9 Å². The van der Waals surface area contributed by atoms with Crippen molar-refractivity contribution >= 4 is 0 Å². The first-order chi connectivity index (χ1) is 27.8. The Morgan fingerprint density at radius 1 is 0.429 bits per heavy atom. The Hall–Kier alpha value is -7.17. The molecular formula is C52H35N3O. The van der Waals surface area contributed by atoms with Crippen molar-refractivity contribution in [2.45, 2.75) is 17.9 Å². The van der Waals surface area contributed by atoms with Crippen LogP contribution in [0.25, 0.3) is 67.5 Å². The molecule has 4 nitrogen and oxygen atoms in total. The molecule has 1 aliphatic heterocycles. The minimum atomic E-state index is -0.426. The first kappa shape index (κ1) is 32.3. The molecule has 0 radical (unpaired) electrons. The number of rotatable bonds is 5. The van der Waals surface area contributed by atoms with E-state index in [2.05, 4.69) is 133 Å². The molecule has 1 aromatic heterocycles. The van der Waals surface area contributed by atoms with E-state index in [9.17, 15) is 0 Å². The van der Waals surface area contributed by atoms with Gasteiger partial charge in [0.25, 0.3) is 0 Å². The molecule has 3 aliphatic rings. The molecule has 0 saturated heterocycles. The first-order valence-corrected chi connectivity index (χ1v) is 19.2. The van der Waals surface area contributed by atoms with Gasteiger partial charge in [0.05, 0.1) is 5.41 Å². The Balaban J connectivity index is 1.04. The molecule has 7 aromatic carbocycles. The lowest BCUT2D eigenvalue weighted by Gasteiger charge is -2.45. The molecule has 56 heavy (non-hydrogen) atoms. The van der Waals surface area contributed by atoms with E-state index in [1.807, 2.05) is 60.7 Å². The molecule has 2 heterocycles. The molecule has 0 amide bonds. The normalized spacial score (nSPS) is 15.6. The monoisotopic (exact) mass is 717 g/mol. The van der Waals surface area contributed by atoms with Crippen LogP contribution in [0.2, 0.25) is 0 Å². The van der Waals surface area contributed by atoms with E-state index >= 15 is 0 Å². The van der Waals surface area contributed by atoms with Crippen LogP contribution in [-0.4, -0.2) is 21.1 Å². The van der Waals surface area contributed by atoms with Crippen molar-refractivity contribution in [2.24, 2.45) is 0 Å². The molecule has 1 unspecified atom stereocenters. The first-order valence-electron chi connectivity index (χ1n) is 19.2. The van der Waals surface area contributed by atoms with Crippen LogP contribution in [0.5, 0.6) is 5.75 Å². The summed E-state index contributed by atoms with van der Waals surface area (Å²) in [4.78, 5) is 14.9. The molecule has 4 heteroatoms. The van der Waals surface area contributed by atoms with E-state index in [0.29, 0.717) is 17.5 Å². The van der Waals surface area contributed by atoms with Crippen LogP contribution in [0.15, 0.2) is 200 Å². The van der Waals surface area contributed by atoms with Gasteiger partial charge in [-0.1, -0.05) is 182 Å². The quantitative estimate of drug-likeness (QED) is 0.178. The molecule has 0 saturated carbocycles. The van der Waals surface area contributed by atoms with Crippen LogP contribution in [0.4, 0.5) is 0 Å². The van der Waals surface area contributed by atoms with E-state index in [1.54, 1.807) is 0 Å². The summed E-state index contributed by atoms with van der Waals surface area (Å²) in [5.74, 6) is 2.85. The van der Waals surface area contributed by atoms with Gasteiger partial charge in [0, 0.05) is 28.7 Å². The molecule has 1 spiro atoms.